The number of fused-ring (bicyclic) bond motifs is 2. The molecule has 0 radical (unpaired) electrons. The first kappa shape index (κ1) is 24.1. The number of nitrogens with zero attached hydrogens (tertiary/aromatic N) is 1. The van der Waals surface area contributed by atoms with Gasteiger partial charge in [0.25, 0.3) is 5.91 Å². The van der Waals surface area contributed by atoms with Crippen molar-refractivity contribution in [3.05, 3.63) is 105 Å². The molecule has 1 fully saturated rings. The first-order chi connectivity index (χ1) is 16.0. The summed E-state index contributed by atoms with van der Waals surface area (Å²) in [5, 5.41) is 3.11. The second-order valence-electron chi connectivity index (χ2n) is 8.56. The average Bonchev–Trinajstić information content (AvgIpc) is 2.84. The topological polar surface area (TPSA) is 66.5 Å². The molecule has 3 aromatic carbocycles. The number of likely N-dealkylation sites (tertiary alicyclic amines) is 1. The monoisotopic (exact) mass is 494 g/mol. The van der Waals surface area contributed by atoms with E-state index in [2.05, 4.69) is 22.3 Å². The van der Waals surface area contributed by atoms with Crippen LogP contribution in [0.3, 0.4) is 0 Å². The molecule has 7 heteroatoms. The lowest BCUT2D eigenvalue weighted by Gasteiger charge is -2.32. The number of carbonyl (C=O) groups excluding carboxylic acids is 3. The first-order valence-electron chi connectivity index (χ1n) is 11.1. The Morgan fingerprint density at radius 2 is 1.47 bits per heavy atom. The second-order valence-corrected chi connectivity index (χ2v) is 8.94. The highest BCUT2D eigenvalue weighted by Crippen LogP contribution is 2.34. The summed E-state index contributed by atoms with van der Waals surface area (Å²) in [6.45, 7) is 2.68. The van der Waals surface area contributed by atoms with E-state index in [1.165, 1.54) is 11.6 Å². The number of halogens is 2. The van der Waals surface area contributed by atoms with Gasteiger partial charge >= 0.3 is 0 Å². The lowest BCUT2D eigenvalue weighted by Crippen LogP contribution is -2.44. The predicted molar refractivity (Wildman–Crippen MR) is 134 cm³/mol. The fraction of sp³-hybridized carbons (Fsp3) is 0.222. The molecule has 1 aliphatic carbocycles. The van der Waals surface area contributed by atoms with E-state index in [1.807, 2.05) is 18.2 Å². The van der Waals surface area contributed by atoms with Crippen LogP contribution in [0.5, 0.6) is 0 Å². The fourth-order valence-electron chi connectivity index (χ4n) is 4.66. The normalized spacial score (nSPS) is 15.8. The fourth-order valence-corrected chi connectivity index (χ4v) is 5.00. The van der Waals surface area contributed by atoms with E-state index < -0.39 is 0 Å². The van der Waals surface area contributed by atoms with Gasteiger partial charge < -0.3 is 5.32 Å². The van der Waals surface area contributed by atoms with Gasteiger partial charge in [-0.3, -0.25) is 19.3 Å². The number of piperidine rings is 1. The molecular weight excluding hydrogens is 471 g/mol. The third-order valence-corrected chi connectivity index (χ3v) is 6.84. The molecule has 1 heterocycles. The molecule has 5 nitrogen and oxygen atoms in total. The van der Waals surface area contributed by atoms with E-state index in [9.17, 15) is 14.4 Å². The van der Waals surface area contributed by atoms with Crippen LogP contribution in [0.1, 0.15) is 60.6 Å². The number of benzene rings is 3. The van der Waals surface area contributed by atoms with Crippen molar-refractivity contribution in [2.75, 3.05) is 13.1 Å². The first-order valence-corrected chi connectivity index (χ1v) is 11.5. The molecule has 174 valence electrons. The minimum absolute atomic E-state index is 0. The minimum atomic E-state index is -0.325. The Morgan fingerprint density at radius 3 is 2.15 bits per heavy atom. The van der Waals surface area contributed by atoms with Gasteiger partial charge in [-0.1, -0.05) is 66.2 Å². The van der Waals surface area contributed by atoms with Gasteiger partial charge in [-0.15, -0.1) is 12.4 Å². The van der Waals surface area contributed by atoms with Gasteiger partial charge in [0.15, 0.2) is 11.6 Å². The smallest absolute Gasteiger partial charge is 0.253 e. The van der Waals surface area contributed by atoms with Crippen LogP contribution in [-0.2, 0) is 6.54 Å². The van der Waals surface area contributed by atoms with E-state index in [0.29, 0.717) is 11.1 Å². The van der Waals surface area contributed by atoms with Crippen LogP contribution in [0.15, 0.2) is 66.7 Å². The zero-order valence-electron chi connectivity index (χ0n) is 18.4. The number of hydrogen-bond acceptors (Lipinski definition) is 4. The van der Waals surface area contributed by atoms with Crippen molar-refractivity contribution in [3.8, 4) is 0 Å². The summed E-state index contributed by atoms with van der Waals surface area (Å²) in [4.78, 5) is 41.3. The molecule has 0 aromatic heterocycles. The molecule has 1 aliphatic heterocycles. The summed E-state index contributed by atoms with van der Waals surface area (Å²) in [7, 11) is 0. The largest absolute Gasteiger partial charge is 0.349 e. The Labute approximate surface area is 209 Å². The number of rotatable bonds is 4. The lowest BCUT2D eigenvalue weighted by atomic mass is 9.83. The number of nitrogens with one attached hydrogen (secondary N) is 1. The summed E-state index contributed by atoms with van der Waals surface area (Å²) in [6.07, 6.45) is 1.68. The number of amides is 1. The van der Waals surface area contributed by atoms with Crippen LogP contribution < -0.4 is 5.32 Å². The Hall–Kier alpha value is -2.99. The zero-order chi connectivity index (χ0) is 22.9. The molecule has 0 atom stereocenters. The van der Waals surface area contributed by atoms with Crippen molar-refractivity contribution in [1.29, 1.82) is 0 Å². The van der Waals surface area contributed by atoms with E-state index in [0.717, 1.165) is 32.5 Å². The van der Waals surface area contributed by atoms with E-state index in [-0.39, 0.29) is 57.6 Å². The van der Waals surface area contributed by atoms with E-state index in [1.54, 1.807) is 30.3 Å². The van der Waals surface area contributed by atoms with Crippen LogP contribution in [-0.4, -0.2) is 41.5 Å². The molecule has 3 aromatic rings. The van der Waals surface area contributed by atoms with Crippen molar-refractivity contribution in [2.24, 2.45) is 0 Å². The Morgan fingerprint density at radius 1 is 0.853 bits per heavy atom. The molecule has 34 heavy (non-hydrogen) atoms. The Bertz CT molecular complexity index is 1250. The van der Waals surface area contributed by atoms with Gasteiger partial charge in [0.05, 0.1) is 16.1 Å². The molecular formula is C27H24Cl2N2O3. The van der Waals surface area contributed by atoms with Crippen molar-refractivity contribution >= 4 is 41.5 Å². The maximum Gasteiger partial charge on any atom is 0.253 e. The maximum atomic E-state index is 13.1. The molecule has 0 spiro atoms. The van der Waals surface area contributed by atoms with Crippen LogP contribution in [0.4, 0.5) is 0 Å². The molecule has 0 saturated carbocycles. The van der Waals surface area contributed by atoms with Gasteiger partial charge in [-0.2, -0.15) is 0 Å². The molecule has 1 amide bonds. The molecule has 0 bridgehead atoms. The summed E-state index contributed by atoms with van der Waals surface area (Å²) in [5.41, 5.74) is 2.55. The van der Waals surface area contributed by atoms with Gasteiger partial charge in [0.2, 0.25) is 0 Å². The molecule has 1 N–H and O–H groups in total. The Kier molecular flexibility index (Phi) is 7.17. The molecule has 0 unspecified atom stereocenters. The molecule has 2 aliphatic rings. The average molecular weight is 495 g/mol. The quantitative estimate of drug-likeness (QED) is 0.436. The number of hydrogen-bond donors (Lipinski definition) is 1. The Balaban J connectivity index is 0.00000274. The summed E-state index contributed by atoms with van der Waals surface area (Å²) in [6, 6.07) is 20.1. The number of ketones is 2. The number of carbonyl (C=O) groups is 3. The predicted octanol–water partition coefficient (Wildman–Crippen LogP) is 4.93. The molecule has 5 rings (SSSR count). The van der Waals surface area contributed by atoms with Gasteiger partial charge in [-0.05, 0) is 30.5 Å². The highest BCUT2D eigenvalue weighted by Gasteiger charge is 2.33. The van der Waals surface area contributed by atoms with E-state index >= 15 is 0 Å². The highest BCUT2D eigenvalue weighted by atomic mass is 35.5. The van der Waals surface area contributed by atoms with Crippen molar-refractivity contribution in [1.82, 2.24) is 10.2 Å². The molecule has 1 saturated heterocycles. The minimum Gasteiger partial charge on any atom is -0.349 e. The summed E-state index contributed by atoms with van der Waals surface area (Å²) in [5.74, 6) is -0.891. The van der Waals surface area contributed by atoms with Gasteiger partial charge in [-0.25, -0.2) is 0 Å². The standard InChI is InChI=1S/C27H23ClN2O3.ClH/c28-24-22(11-10-21-23(24)26(32)20-9-5-4-8-19(20)25(21)31)27(33)29-18-12-14-30(15-13-18)16-17-6-2-1-3-7-17;/h1-11,18H,12-16H2,(H,29,33);1H. The zero-order valence-corrected chi connectivity index (χ0v) is 20.0. The van der Waals surface area contributed by atoms with Crippen molar-refractivity contribution in [3.63, 3.8) is 0 Å². The van der Waals surface area contributed by atoms with Gasteiger partial charge in [0.1, 0.15) is 0 Å². The van der Waals surface area contributed by atoms with Crippen molar-refractivity contribution in [2.45, 2.75) is 25.4 Å². The van der Waals surface area contributed by atoms with E-state index in [4.69, 9.17) is 11.6 Å². The highest BCUT2D eigenvalue weighted by molar-refractivity contribution is 6.41. The van der Waals surface area contributed by atoms with Crippen molar-refractivity contribution < 1.29 is 14.4 Å². The lowest BCUT2D eigenvalue weighted by molar-refractivity contribution is 0.0908. The summed E-state index contributed by atoms with van der Waals surface area (Å²) < 4.78 is 0. The van der Waals surface area contributed by atoms with Crippen LogP contribution in [0, 0.1) is 0 Å². The van der Waals surface area contributed by atoms with Crippen LogP contribution >= 0.6 is 24.0 Å². The SMILES string of the molecule is Cl.O=C(NC1CCN(Cc2ccccc2)CC1)c1ccc2c(c1Cl)C(=O)c1ccccc1C2=O. The second kappa shape index (κ2) is 10.1. The van der Waals surface area contributed by atoms with Crippen LogP contribution in [0.25, 0.3) is 0 Å². The third kappa shape index (κ3) is 4.51. The third-order valence-electron chi connectivity index (χ3n) is 6.45. The van der Waals surface area contributed by atoms with Crippen LogP contribution in [0.2, 0.25) is 5.02 Å². The summed E-state index contributed by atoms with van der Waals surface area (Å²) >= 11 is 6.54. The maximum absolute atomic E-state index is 13.1. The van der Waals surface area contributed by atoms with Gasteiger partial charge in [0, 0.05) is 42.4 Å².